The zero-order valence-electron chi connectivity index (χ0n) is 13.0. The summed E-state index contributed by atoms with van der Waals surface area (Å²) in [6.07, 6.45) is 0. The number of aromatic nitrogens is 1. The van der Waals surface area contributed by atoms with E-state index in [9.17, 15) is 4.79 Å². The van der Waals surface area contributed by atoms with Crippen molar-refractivity contribution in [1.82, 2.24) is 4.37 Å². The molecule has 1 aromatic heterocycles. The second-order valence-corrected chi connectivity index (χ2v) is 6.97. The van der Waals surface area contributed by atoms with Gasteiger partial charge < -0.3 is 10.1 Å². The first kappa shape index (κ1) is 17.3. The summed E-state index contributed by atoms with van der Waals surface area (Å²) in [6, 6.07) is 9.12. The molecule has 0 radical (unpaired) electrons. The number of rotatable bonds is 4. The van der Waals surface area contributed by atoms with E-state index in [0.29, 0.717) is 22.7 Å². The first-order valence-electron chi connectivity index (χ1n) is 6.91. The van der Waals surface area contributed by atoms with Crippen molar-refractivity contribution in [3.63, 3.8) is 0 Å². The van der Waals surface area contributed by atoms with Crippen molar-refractivity contribution in [2.24, 2.45) is 0 Å². The minimum absolute atomic E-state index is 0.209. The minimum Gasteiger partial charge on any atom is -0.456 e. The van der Waals surface area contributed by atoms with Gasteiger partial charge in [-0.2, -0.15) is 9.64 Å². The molecule has 2 aromatic rings. The Morgan fingerprint density at radius 2 is 2.04 bits per heavy atom. The Kier molecular flexibility index (Phi) is 5.24. The first-order chi connectivity index (χ1) is 10.8. The number of hydrogen-bond acceptors (Lipinski definition) is 6. The van der Waals surface area contributed by atoms with Crippen LogP contribution in [0.4, 0.5) is 5.00 Å². The van der Waals surface area contributed by atoms with Gasteiger partial charge in [0.15, 0.2) is 5.15 Å². The van der Waals surface area contributed by atoms with Crippen LogP contribution in [0.2, 0.25) is 5.15 Å². The minimum atomic E-state index is -0.517. The van der Waals surface area contributed by atoms with E-state index in [-0.39, 0.29) is 11.1 Å². The van der Waals surface area contributed by atoms with Crippen molar-refractivity contribution in [1.29, 1.82) is 5.26 Å². The third kappa shape index (κ3) is 4.68. The molecular formula is C16H16ClN3O2S. The maximum Gasteiger partial charge on any atom is 0.338 e. The maximum atomic E-state index is 11.9. The number of nitrogens with zero attached hydrogens (tertiary/aromatic N) is 2. The second-order valence-electron chi connectivity index (χ2n) is 5.84. The third-order valence-corrected chi connectivity index (χ3v) is 3.98. The third-order valence-electron chi connectivity index (χ3n) is 2.80. The summed E-state index contributed by atoms with van der Waals surface area (Å²) in [7, 11) is 0. The van der Waals surface area contributed by atoms with E-state index in [4.69, 9.17) is 21.6 Å². The van der Waals surface area contributed by atoms with Crippen LogP contribution in [-0.4, -0.2) is 15.9 Å². The van der Waals surface area contributed by atoms with Gasteiger partial charge in [-0.1, -0.05) is 23.7 Å². The topological polar surface area (TPSA) is 75.0 Å². The van der Waals surface area contributed by atoms with Crippen LogP contribution in [0.3, 0.4) is 0 Å². The number of benzene rings is 1. The van der Waals surface area contributed by atoms with E-state index in [0.717, 1.165) is 17.1 Å². The van der Waals surface area contributed by atoms with Gasteiger partial charge in [0.25, 0.3) is 0 Å². The van der Waals surface area contributed by atoms with Gasteiger partial charge in [-0.25, -0.2) is 4.79 Å². The number of ether oxygens (including phenoxy) is 1. The standard InChI is InChI=1S/C16H16ClN3O2S/c1-16(2,3)22-15(21)11-6-4-10(5-7-11)9-19-14-12(8-18)13(17)20-23-14/h4-7,19H,9H2,1-3H3. The van der Waals surface area contributed by atoms with Crippen LogP contribution in [0.5, 0.6) is 0 Å². The van der Waals surface area contributed by atoms with Gasteiger partial charge in [-0.15, -0.1) is 0 Å². The van der Waals surface area contributed by atoms with Crippen LogP contribution in [0.15, 0.2) is 24.3 Å². The largest absolute Gasteiger partial charge is 0.456 e. The van der Waals surface area contributed by atoms with E-state index < -0.39 is 5.60 Å². The number of nitrogens with one attached hydrogen (secondary N) is 1. The molecular weight excluding hydrogens is 334 g/mol. The number of esters is 1. The van der Waals surface area contributed by atoms with Gasteiger partial charge in [0.1, 0.15) is 22.2 Å². The van der Waals surface area contributed by atoms with Gasteiger partial charge in [-0.3, -0.25) is 0 Å². The summed E-state index contributed by atoms with van der Waals surface area (Å²) >= 11 is 6.97. The average molecular weight is 350 g/mol. The van der Waals surface area contributed by atoms with Crippen molar-refractivity contribution < 1.29 is 9.53 Å². The van der Waals surface area contributed by atoms with Gasteiger partial charge >= 0.3 is 5.97 Å². The summed E-state index contributed by atoms with van der Waals surface area (Å²) in [4.78, 5) is 11.9. The zero-order chi connectivity index (χ0) is 17.0. The predicted molar refractivity (Wildman–Crippen MR) is 90.8 cm³/mol. The molecule has 23 heavy (non-hydrogen) atoms. The molecule has 0 unspecified atom stereocenters. The fourth-order valence-electron chi connectivity index (χ4n) is 1.77. The van der Waals surface area contributed by atoms with Crippen LogP contribution in [0, 0.1) is 11.3 Å². The SMILES string of the molecule is CC(C)(C)OC(=O)c1ccc(CNc2snc(Cl)c2C#N)cc1. The molecule has 0 aliphatic carbocycles. The van der Waals surface area contributed by atoms with Crippen LogP contribution in [0.25, 0.3) is 0 Å². The molecule has 0 aliphatic rings. The smallest absolute Gasteiger partial charge is 0.338 e. The quantitative estimate of drug-likeness (QED) is 0.836. The lowest BCUT2D eigenvalue weighted by atomic mass is 10.1. The average Bonchev–Trinajstić information content (AvgIpc) is 2.84. The van der Waals surface area contributed by atoms with Crippen LogP contribution in [-0.2, 0) is 11.3 Å². The second kappa shape index (κ2) is 6.99. The highest BCUT2D eigenvalue weighted by Crippen LogP contribution is 2.27. The number of carbonyl (C=O) groups excluding carboxylic acids is 1. The maximum absolute atomic E-state index is 11.9. The van der Waals surface area contributed by atoms with E-state index in [1.807, 2.05) is 39.0 Å². The summed E-state index contributed by atoms with van der Waals surface area (Å²) in [5, 5.41) is 13.0. The molecule has 0 fully saturated rings. The number of carbonyl (C=O) groups is 1. The molecule has 7 heteroatoms. The predicted octanol–water partition coefficient (Wildman–Crippen LogP) is 4.24. The Hall–Kier alpha value is -2.10. The Morgan fingerprint density at radius 3 is 2.61 bits per heavy atom. The molecule has 0 aliphatic heterocycles. The fourth-order valence-corrected chi connectivity index (χ4v) is 2.70. The molecule has 1 aromatic carbocycles. The Balaban J connectivity index is 2.00. The fraction of sp³-hybridized carbons (Fsp3) is 0.312. The molecule has 2 rings (SSSR count). The summed E-state index contributed by atoms with van der Waals surface area (Å²) in [5.41, 5.74) is 1.30. The van der Waals surface area contributed by atoms with Gasteiger partial charge in [0, 0.05) is 6.54 Å². The Morgan fingerprint density at radius 1 is 1.39 bits per heavy atom. The lowest BCUT2D eigenvalue weighted by Gasteiger charge is -2.19. The number of hydrogen-bond donors (Lipinski definition) is 1. The van der Waals surface area contributed by atoms with Crippen molar-refractivity contribution in [3.05, 3.63) is 46.1 Å². The van der Waals surface area contributed by atoms with Crippen LogP contribution >= 0.6 is 23.1 Å². The van der Waals surface area contributed by atoms with Crippen molar-refractivity contribution in [3.8, 4) is 6.07 Å². The highest BCUT2D eigenvalue weighted by atomic mass is 35.5. The lowest BCUT2D eigenvalue weighted by molar-refractivity contribution is 0.00695. The summed E-state index contributed by atoms with van der Waals surface area (Å²) in [6.45, 7) is 5.99. The molecule has 0 atom stereocenters. The Labute approximate surface area is 144 Å². The highest BCUT2D eigenvalue weighted by molar-refractivity contribution is 7.10. The number of nitriles is 1. The van der Waals surface area contributed by atoms with Gasteiger partial charge in [-0.05, 0) is 50.0 Å². The van der Waals surface area contributed by atoms with Crippen LogP contribution in [0.1, 0.15) is 42.3 Å². The normalized spacial score (nSPS) is 10.9. The molecule has 0 bridgehead atoms. The monoisotopic (exact) mass is 349 g/mol. The number of anilines is 1. The molecule has 1 heterocycles. The van der Waals surface area contributed by atoms with Gasteiger partial charge in [0.05, 0.1) is 5.56 Å². The number of halogens is 1. The molecule has 5 nitrogen and oxygen atoms in total. The Bertz CT molecular complexity index is 742. The van der Waals surface area contributed by atoms with Crippen molar-refractivity contribution in [2.45, 2.75) is 32.9 Å². The lowest BCUT2D eigenvalue weighted by Crippen LogP contribution is -2.23. The first-order valence-corrected chi connectivity index (χ1v) is 8.07. The van der Waals surface area contributed by atoms with Crippen molar-refractivity contribution >= 4 is 34.1 Å². The molecule has 0 saturated heterocycles. The molecule has 120 valence electrons. The highest BCUT2D eigenvalue weighted by Gasteiger charge is 2.17. The van der Waals surface area contributed by atoms with Crippen molar-refractivity contribution in [2.75, 3.05) is 5.32 Å². The summed E-state index contributed by atoms with van der Waals surface area (Å²) < 4.78 is 9.25. The molecule has 0 spiro atoms. The van der Waals surface area contributed by atoms with Gasteiger partial charge in [0.2, 0.25) is 0 Å². The molecule has 0 saturated carbocycles. The summed E-state index contributed by atoms with van der Waals surface area (Å²) in [5.74, 6) is -0.349. The zero-order valence-corrected chi connectivity index (χ0v) is 14.6. The van der Waals surface area contributed by atoms with E-state index >= 15 is 0 Å². The van der Waals surface area contributed by atoms with E-state index in [1.165, 1.54) is 0 Å². The van der Waals surface area contributed by atoms with Crippen LogP contribution < -0.4 is 5.32 Å². The molecule has 1 N–H and O–H groups in total. The van der Waals surface area contributed by atoms with E-state index in [2.05, 4.69) is 9.69 Å². The molecule has 0 amide bonds. The van der Waals surface area contributed by atoms with E-state index in [1.54, 1.807) is 12.1 Å².